The summed E-state index contributed by atoms with van der Waals surface area (Å²) in [5.41, 5.74) is 0. The topological polar surface area (TPSA) is 70.8 Å². The summed E-state index contributed by atoms with van der Waals surface area (Å²) in [6.07, 6.45) is 1.70. The Morgan fingerprint density at radius 2 is 2.31 bits per heavy atom. The molecule has 1 aliphatic heterocycles. The molecule has 0 aromatic carbocycles. The van der Waals surface area contributed by atoms with Gasteiger partial charge in [0.25, 0.3) is 6.04 Å². The Hall–Kier alpha value is -0.690. The zero-order chi connectivity index (χ0) is 12.1. The molecule has 0 aromatic heterocycles. The van der Waals surface area contributed by atoms with Crippen LogP contribution in [0.1, 0.15) is 26.7 Å². The van der Waals surface area contributed by atoms with Crippen LogP contribution in [-0.2, 0) is 0 Å². The summed E-state index contributed by atoms with van der Waals surface area (Å²) < 4.78 is 0.402. The van der Waals surface area contributed by atoms with Crippen molar-refractivity contribution in [1.29, 1.82) is 0 Å². The Balaban J connectivity index is 2.73. The van der Waals surface area contributed by atoms with Crippen molar-refractivity contribution >= 4 is 20.6 Å². The molecular formula is C9H17BrN4O2. The van der Waals surface area contributed by atoms with Gasteiger partial charge in [0.2, 0.25) is 0 Å². The van der Waals surface area contributed by atoms with E-state index in [1.807, 2.05) is 6.92 Å². The minimum atomic E-state index is -0.795. The number of likely N-dealkylation sites (N-methyl/N-ethyl adjacent to an activating group) is 1. The SMILES string of the molecule is CCCCN1N=C(Br)C([N+](=O)[O-])C1NCC. The largest absolute Gasteiger partial charge is 0.297 e. The zero-order valence-electron chi connectivity index (χ0n) is 9.52. The van der Waals surface area contributed by atoms with Crippen molar-refractivity contribution < 1.29 is 4.92 Å². The van der Waals surface area contributed by atoms with Crippen LogP contribution in [0.2, 0.25) is 0 Å². The van der Waals surface area contributed by atoms with E-state index in [4.69, 9.17) is 0 Å². The van der Waals surface area contributed by atoms with E-state index in [2.05, 4.69) is 33.3 Å². The van der Waals surface area contributed by atoms with Gasteiger partial charge in [0, 0.05) is 11.5 Å². The van der Waals surface area contributed by atoms with Gasteiger partial charge in [-0.25, -0.2) is 0 Å². The molecule has 0 saturated heterocycles. The quantitative estimate of drug-likeness (QED) is 0.593. The molecule has 7 heteroatoms. The van der Waals surface area contributed by atoms with Crippen molar-refractivity contribution in [3.63, 3.8) is 0 Å². The summed E-state index contributed by atoms with van der Waals surface area (Å²) in [7, 11) is 0. The lowest BCUT2D eigenvalue weighted by molar-refractivity contribution is -0.508. The van der Waals surface area contributed by atoms with Crippen LogP contribution >= 0.6 is 15.9 Å². The molecule has 2 unspecified atom stereocenters. The number of hydrazone groups is 1. The van der Waals surface area contributed by atoms with Crippen LogP contribution in [0.5, 0.6) is 0 Å². The van der Waals surface area contributed by atoms with Gasteiger partial charge in [-0.15, -0.1) is 0 Å². The van der Waals surface area contributed by atoms with Crippen molar-refractivity contribution in [2.45, 2.75) is 38.9 Å². The minimum absolute atomic E-state index is 0.299. The third kappa shape index (κ3) is 2.91. The third-order valence-electron chi connectivity index (χ3n) is 2.47. The fraction of sp³-hybridized carbons (Fsp3) is 0.889. The van der Waals surface area contributed by atoms with E-state index in [1.54, 1.807) is 5.01 Å². The van der Waals surface area contributed by atoms with E-state index < -0.39 is 6.04 Å². The monoisotopic (exact) mass is 292 g/mol. The number of nitrogens with zero attached hydrogens (tertiary/aromatic N) is 3. The van der Waals surface area contributed by atoms with Gasteiger partial charge in [0.1, 0.15) is 0 Å². The van der Waals surface area contributed by atoms with Crippen LogP contribution in [0.3, 0.4) is 0 Å². The van der Waals surface area contributed by atoms with Gasteiger partial charge in [0.15, 0.2) is 10.8 Å². The fourth-order valence-corrected chi connectivity index (χ4v) is 2.30. The normalized spacial score (nSPS) is 24.7. The number of halogens is 1. The fourth-order valence-electron chi connectivity index (χ4n) is 1.67. The van der Waals surface area contributed by atoms with Crippen molar-refractivity contribution in [2.24, 2.45) is 5.10 Å². The van der Waals surface area contributed by atoms with Crippen LogP contribution in [0.4, 0.5) is 0 Å². The molecule has 1 aliphatic rings. The molecule has 1 rings (SSSR count). The minimum Gasteiger partial charge on any atom is -0.290 e. The highest BCUT2D eigenvalue weighted by Gasteiger charge is 2.44. The summed E-state index contributed by atoms with van der Waals surface area (Å²) in [6.45, 7) is 5.45. The van der Waals surface area contributed by atoms with Gasteiger partial charge < -0.3 is 0 Å². The summed E-state index contributed by atoms with van der Waals surface area (Å²) in [5, 5.41) is 20.0. The van der Waals surface area contributed by atoms with Gasteiger partial charge >= 0.3 is 0 Å². The molecular weight excluding hydrogens is 276 g/mol. The van der Waals surface area contributed by atoms with Gasteiger partial charge in [-0.05, 0) is 28.9 Å². The molecule has 1 heterocycles. The molecule has 1 N–H and O–H groups in total. The molecule has 0 spiro atoms. The van der Waals surface area contributed by atoms with Crippen LogP contribution in [0.15, 0.2) is 5.10 Å². The molecule has 6 nitrogen and oxygen atoms in total. The molecule has 0 aliphatic carbocycles. The number of nitro groups is 1. The number of rotatable bonds is 6. The number of unbranched alkanes of at least 4 members (excludes halogenated alkanes) is 1. The number of nitrogens with one attached hydrogen (secondary N) is 1. The molecule has 2 atom stereocenters. The smallest absolute Gasteiger partial charge is 0.290 e. The second-order valence-corrected chi connectivity index (χ2v) is 4.48. The van der Waals surface area contributed by atoms with Crippen molar-refractivity contribution in [3.8, 4) is 0 Å². The molecule has 0 aromatic rings. The Kier molecular flexibility index (Phi) is 5.14. The molecule has 0 amide bonds. The summed E-state index contributed by atoms with van der Waals surface area (Å²) >= 11 is 3.17. The first-order chi connectivity index (χ1) is 7.61. The van der Waals surface area contributed by atoms with Crippen molar-refractivity contribution in [2.75, 3.05) is 13.1 Å². The summed E-state index contributed by atoms with van der Waals surface area (Å²) in [4.78, 5) is 10.6. The van der Waals surface area contributed by atoms with Crippen molar-refractivity contribution in [3.05, 3.63) is 10.1 Å². The third-order valence-corrected chi connectivity index (χ3v) is 3.10. The summed E-state index contributed by atoms with van der Waals surface area (Å²) in [5.74, 6) is 0. The highest BCUT2D eigenvalue weighted by atomic mass is 79.9. The molecule has 0 bridgehead atoms. The van der Waals surface area contributed by atoms with E-state index >= 15 is 0 Å². The first-order valence-corrected chi connectivity index (χ1v) is 6.28. The van der Waals surface area contributed by atoms with Gasteiger partial charge in [0.05, 0.1) is 0 Å². The van der Waals surface area contributed by atoms with Crippen LogP contribution in [-0.4, -0.2) is 39.9 Å². The maximum Gasteiger partial charge on any atom is 0.297 e. The molecule has 0 radical (unpaired) electrons. The van der Waals surface area contributed by atoms with E-state index in [0.29, 0.717) is 11.2 Å². The maximum absolute atomic E-state index is 10.9. The first-order valence-electron chi connectivity index (χ1n) is 5.49. The van der Waals surface area contributed by atoms with Gasteiger partial charge in [-0.1, -0.05) is 20.3 Å². The Labute approximate surface area is 103 Å². The predicted octanol–water partition coefficient (Wildman–Crippen LogP) is 1.39. The van der Waals surface area contributed by atoms with E-state index in [9.17, 15) is 10.1 Å². The predicted molar refractivity (Wildman–Crippen MR) is 66.2 cm³/mol. The lowest BCUT2D eigenvalue weighted by atomic mass is 10.2. The number of hydrogen-bond acceptors (Lipinski definition) is 5. The molecule has 0 saturated carbocycles. The Morgan fingerprint density at radius 3 is 2.81 bits per heavy atom. The highest BCUT2D eigenvalue weighted by Crippen LogP contribution is 2.20. The first kappa shape index (κ1) is 13.4. The van der Waals surface area contributed by atoms with Crippen LogP contribution < -0.4 is 5.32 Å². The second-order valence-electron chi connectivity index (χ2n) is 3.67. The Bertz CT molecular complexity index is 285. The van der Waals surface area contributed by atoms with Crippen LogP contribution in [0, 0.1) is 10.1 Å². The Morgan fingerprint density at radius 1 is 1.62 bits per heavy atom. The second kappa shape index (κ2) is 6.15. The maximum atomic E-state index is 10.9. The highest BCUT2D eigenvalue weighted by molar-refractivity contribution is 9.18. The van der Waals surface area contributed by atoms with Gasteiger partial charge in [-0.3, -0.25) is 20.4 Å². The lowest BCUT2D eigenvalue weighted by Gasteiger charge is -2.24. The van der Waals surface area contributed by atoms with E-state index in [-0.39, 0.29) is 11.1 Å². The van der Waals surface area contributed by atoms with E-state index in [1.165, 1.54) is 0 Å². The summed E-state index contributed by atoms with van der Waals surface area (Å²) in [6, 6.07) is -0.795. The molecule has 0 fully saturated rings. The average molecular weight is 293 g/mol. The van der Waals surface area contributed by atoms with E-state index in [0.717, 1.165) is 19.4 Å². The molecule has 16 heavy (non-hydrogen) atoms. The lowest BCUT2D eigenvalue weighted by Crippen LogP contribution is -2.51. The number of hydrogen-bond donors (Lipinski definition) is 1. The standard InChI is InChI=1S/C9H17BrN4O2/c1-3-5-6-13-9(11-4-2)7(14(15)16)8(10)12-13/h7,9,11H,3-6H2,1-2H3. The van der Waals surface area contributed by atoms with Crippen LogP contribution in [0.25, 0.3) is 0 Å². The zero-order valence-corrected chi connectivity index (χ0v) is 11.1. The van der Waals surface area contributed by atoms with Gasteiger partial charge in [-0.2, -0.15) is 5.10 Å². The molecule has 92 valence electrons. The average Bonchev–Trinajstić information content (AvgIpc) is 2.52. The van der Waals surface area contributed by atoms with Crippen molar-refractivity contribution in [1.82, 2.24) is 10.3 Å².